The number of nitrogens with zero attached hydrogens (tertiary/aromatic N) is 1. The van der Waals surface area contributed by atoms with Crippen LogP contribution in [-0.2, 0) is 14.4 Å². The fraction of sp³-hybridized carbons (Fsp3) is 0.815. The maximum Gasteiger partial charge on any atom is 0.303 e. The minimum absolute atomic E-state index is 0.0861. The van der Waals surface area contributed by atoms with Gasteiger partial charge in [0.05, 0.1) is 45.4 Å². The third-order valence-corrected chi connectivity index (χ3v) is 6.46. The molecular formula is C27H50NO6+. The van der Waals surface area contributed by atoms with E-state index in [-0.39, 0.29) is 19.3 Å². The van der Waals surface area contributed by atoms with E-state index < -0.39 is 17.9 Å². The van der Waals surface area contributed by atoms with Gasteiger partial charge in [-0.3, -0.25) is 14.4 Å². The molecule has 0 saturated heterocycles. The van der Waals surface area contributed by atoms with Crippen LogP contribution in [0.5, 0.6) is 0 Å². The molecule has 34 heavy (non-hydrogen) atoms. The smallest absolute Gasteiger partial charge is 0.303 e. The van der Waals surface area contributed by atoms with Gasteiger partial charge in [0.15, 0.2) is 0 Å². The van der Waals surface area contributed by atoms with Gasteiger partial charge >= 0.3 is 17.9 Å². The molecule has 0 aromatic heterocycles. The molecule has 0 atom stereocenters. The van der Waals surface area contributed by atoms with E-state index in [0.717, 1.165) is 38.6 Å². The van der Waals surface area contributed by atoms with E-state index >= 15 is 0 Å². The molecule has 198 valence electrons. The van der Waals surface area contributed by atoms with E-state index in [2.05, 4.69) is 19.1 Å². The first-order valence-corrected chi connectivity index (χ1v) is 13.5. The summed E-state index contributed by atoms with van der Waals surface area (Å²) in [5, 5.41) is 27.1. The molecule has 0 aromatic carbocycles. The average Bonchev–Trinajstić information content (AvgIpc) is 2.76. The van der Waals surface area contributed by atoms with Crippen molar-refractivity contribution in [1.29, 1.82) is 0 Å². The lowest BCUT2D eigenvalue weighted by Crippen LogP contribution is -2.51. The van der Waals surface area contributed by atoms with Gasteiger partial charge in [0.2, 0.25) is 0 Å². The van der Waals surface area contributed by atoms with Crippen LogP contribution in [0.25, 0.3) is 0 Å². The first-order chi connectivity index (χ1) is 16.3. The summed E-state index contributed by atoms with van der Waals surface area (Å²) < 4.78 is 0.631. The van der Waals surface area contributed by atoms with Crippen LogP contribution in [0.1, 0.15) is 116 Å². The van der Waals surface area contributed by atoms with Gasteiger partial charge in [0, 0.05) is 19.3 Å². The van der Waals surface area contributed by atoms with Gasteiger partial charge in [0.1, 0.15) is 0 Å². The first-order valence-electron chi connectivity index (χ1n) is 13.5. The predicted molar refractivity (Wildman–Crippen MR) is 136 cm³/mol. The van der Waals surface area contributed by atoms with Crippen molar-refractivity contribution in [1.82, 2.24) is 0 Å². The maximum atomic E-state index is 11.0. The molecular weight excluding hydrogens is 434 g/mol. The third kappa shape index (κ3) is 20.7. The van der Waals surface area contributed by atoms with Crippen molar-refractivity contribution in [3.8, 4) is 0 Å². The highest BCUT2D eigenvalue weighted by atomic mass is 16.4. The first kappa shape index (κ1) is 32.1. The minimum atomic E-state index is -0.830. The molecule has 0 fully saturated rings. The van der Waals surface area contributed by atoms with Crippen molar-refractivity contribution in [3.05, 3.63) is 12.2 Å². The van der Waals surface area contributed by atoms with Crippen LogP contribution in [0.15, 0.2) is 12.2 Å². The number of hydrogen-bond acceptors (Lipinski definition) is 3. The zero-order valence-corrected chi connectivity index (χ0v) is 21.5. The van der Waals surface area contributed by atoms with Gasteiger partial charge in [-0.05, 0) is 38.5 Å². The molecule has 0 aliphatic rings. The van der Waals surface area contributed by atoms with Crippen molar-refractivity contribution < 1.29 is 34.2 Å². The fourth-order valence-electron chi connectivity index (χ4n) is 4.53. The van der Waals surface area contributed by atoms with Gasteiger partial charge in [0.25, 0.3) is 0 Å². The summed E-state index contributed by atoms with van der Waals surface area (Å²) in [7, 11) is 0. The van der Waals surface area contributed by atoms with Crippen LogP contribution in [-0.4, -0.2) is 63.9 Å². The lowest BCUT2D eigenvalue weighted by atomic mass is 10.1. The van der Waals surface area contributed by atoms with Crippen molar-refractivity contribution >= 4 is 17.9 Å². The Morgan fingerprint density at radius 3 is 1.26 bits per heavy atom. The molecule has 0 heterocycles. The number of unbranched alkanes of at least 4 members (excludes halogenated alkanes) is 9. The van der Waals surface area contributed by atoms with E-state index in [9.17, 15) is 14.4 Å². The zero-order chi connectivity index (χ0) is 25.5. The number of rotatable bonds is 25. The van der Waals surface area contributed by atoms with E-state index in [0.29, 0.717) is 43.4 Å². The summed E-state index contributed by atoms with van der Waals surface area (Å²) in [6.45, 7) is 5.06. The molecule has 7 heteroatoms. The molecule has 3 N–H and O–H groups in total. The summed E-state index contributed by atoms with van der Waals surface area (Å²) in [5.41, 5.74) is 0. The number of allylic oxidation sites excluding steroid dienone is 2. The fourth-order valence-corrected chi connectivity index (χ4v) is 4.53. The van der Waals surface area contributed by atoms with Crippen LogP contribution in [0.4, 0.5) is 0 Å². The Hall–Kier alpha value is -1.89. The summed E-state index contributed by atoms with van der Waals surface area (Å²) in [4.78, 5) is 33.0. The van der Waals surface area contributed by atoms with E-state index in [1.54, 1.807) is 0 Å². The maximum absolute atomic E-state index is 11.0. The Labute approximate surface area is 206 Å². The number of carbonyl (C=O) groups is 3. The van der Waals surface area contributed by atoms with E-state index in [1.165, 1.54) is 38.5 Å². The standard InChI is InChI=1S/C27H49NO6/c1-2-3-4-5-6-7-8-9-10-11-12-13-14-21-28(22-15-18-25(29)30,23-16-19-26(31)32)24-17-20-27(33)34/h8-9H,2-7,10-24H2,1H3,(H2-,29,30,31,32,33,34)/p+1/b9-8+. The van der Waals surface area contributed by atoms with Crippen LogP contribution >= 0.6 is 0 Å². The summed E-state index contributed by atoms with van der Waals surface area (Å²) in [6, 6.07) is 0. The number of aliphatic carboxylic acids is 3. The van der Waals surface area contributed by atoms with Gasteiger partial charge < -0.3 is 19.8 Å². The molecule has 0 radical (unpaired) electrons. The topological polar surface area (TPSA) is 112 Å². The van der Waals surface area contributed by atoms with E-state index in [1.807, 2.05) is 0 Å². The number of carboxylic acid groups (broad SMARTS) is 3. The Morgan fingerprint density at radius 2 is 0.882 bits per heavy atom. The van der Waals surface area contributed by atoms with E-state index in [4.69, 9.17) is 15.3 Å². The van der Waals surface area contributed by atoms with Crippen LogP contribution in [0, 0.1) is 0 Å². The molecule has 0 spiro atoms. The summed E-state index contributed by atoms with van der Waals surface area (Å²) >= 11 is 0. The number of quaternary nitrogens is 1. The third-order valence-electron chi connectivity index (χ3n) is 6.46. The second kappa shape index (κ2) is 21.6. The highest BCUT2D eigenvalue weighted by Crippen LogP contribution is 2.18. The second-order valence-electron chi connectivity index (χ2n) is 9.61. The lowest BCUT2D eigenvalue weighted by molar-refractivity contribution is -0.929. The van der Waals surface area contributed by atoms with Crippen LogP contribution in [0.3, 0.4) is 0 Å². The number of carboxylic acids is 3. The monoisotopic (exact) mass is 484 g/mol. The molecule has 0 unspecified atom stereocenters. The molecule has 0 aromatic rings. The Morgan fingerprint density at radius 1 is 0.529 bits per heavy atom. The second-order valence-corrected chi connectivity index (χ2v) is 9.61. The van der Waals surface area contributed by atoms with Crippen molar-refractivity contribution in [2.45, 2.75) is 116 Å². The highest BCUT2D eigenvalue weighted by molar-refractivity contribution is 5.67. The minimum Gasteiger partial charge on any atom is -0.481 e. The van der Waals surface area contributed by atoms with Gasteiger partial charge in [-0.1, -0.05) is 51.2 Å². The van der Waals surface area contributed by atoms with Gasteiger partial charge in [-0.15, -0.1) is 0 Å². The molecule has 0 amide bonds. The van der Waals surface area contributed by atoms with Crippen LogP contribution < -0.4 is 0 Å². The normalized spacial score (nSPS) is 11.8. The van der Waals surface area contributed by atoms with Crippen LogP contribution in [0.2, 0.25) is 0 Å². The molecule has 0 saturated carbocycles. The number of hydrogen-bond donors (Lipinski definition) is 3. The zero-order valence-electron chi connectivity index (χ0n) is 21.5. The Kier molecular flexibility index (Phi) is 20.4. The SMILES string of the molecule is CCCCCCC/C=C/CCCCCC[N+](CCCC(=O)O)(CCCC(=O)O)CCCC(=O)O. The van der Waals surface area contributed by atoms with Gasteiger partial charge in [-0.25, -0.2) is 0 Å². The largest absolute Gasteiger partial charge is 0.481 e. The quantitative estimate of drug-likeness (QED) is 0.0800. The molecule has 0 aliphatic carbocycles. The summed E-state index contributed by atoms with van der Waals surface area (Å²) in [6.07, 6.45) is 19.6. The van der Waals surface area contributed by atoms with Crippen molar-refractivity contribution in [3.63, 3.8) is 0 Å². The molecule has 0 rings (SSSR count). The highest BCUT2D eigenvalue weighted by Gasteiger charge is 2.27. The Bertz CT molecular complexity index is 525. The van der Waals surface area contributed by atoms with Crippen molar-refractivity contribution in [2.24, 2.45) is 0 Å². The summed E-state index contributed by atoms with van der Waals surface area (Å²) in [5.74, 6) is -2.49. The molecule has 0 bridgehead atoms. The Balaban J connectivity index is 4.50. The lowest BCUT2D eigenvalue weighted by Gasteiger charge is -2.39. The van der Waals surface area contributed by atoms with Crippen molar-refractivity contribution in [2.75, 3.05) is 26.2 Å². The molecule has 7 nitrogen and oxygen atoms in total. The molecule has 0 aliphatic heterocycles. The van der Waals surface area contributed by atoms with Gasteiger partial charge in [-0.2, -0.15) is 0 Å². The average molecular weight is 485 g/mol. The predicted octanol–water partition coefficient (Wildman–Crippen LogP) is 6.26.